The number of halogens is 1. The second-order valence-corrected chi connectivity index (χ2v) is 3.13. The van der Waals surface area contributed by atoms with Crippen LogP contribution in [-0.2, 0) is 0 Å². The number of nitrogens with two attached hydrogens (primary N) is 1. The molecule has 1 atom stereocenters. The van der Waals surface area contributed by atoms with Crippen molar-refractivity contribution in [1.82, 2.24) is 0 Å². The molecule has 0 saturated carbocycles. The van der Waals surface area contributed by atoms with Gasteiger partial charge in [0.25, 0.3) is 0 Å². The van der Waals surface area contributed by atoms with Crippen molar-refractivity contribution < 1.29 is 9.50 Å². The molecule has 1 unspecified atom stereocenters. The lowest BCUT2D eigenvalue weighted by molar-refractivity contribution is 0.276. The Morgan fingerprint density at radius 3 is 2.77 bits per heavy atom. The van der Waals surface area contributed by atoms with Crippen LogP contribution in [0.1, 0.15) is 23.6 Å². The highest BCUT2D eigenvalue weighted by molar-refractivity contribution is 5.26. The van der Waals surface area contributed by atoms with Crippen molar-refractivity contribution in [3.63, 3.8) is 0 Å². The fourth-order valence-corrected chi connectivity index (χ4v) is 1.20. The minimum atomic E-state index is -0.222. The van der Waals surface area contributed by atoms with E-state index in [1.54, 1.807) is 19.1 Å². The maximum Gasteiger partial charge on any atom is 0.126 e. The van der Waals surface area contributed by atoms with Gasteiger partial charge in [0.2, 0.25) is 0 Å². The predicted octanol–water partition coefficient (Wildman–Crippen LogP) is 1.52. The normalized spacial score (nSPS) is 12.9. The fourth-order valence-electron chi connectivity index (χ4n) is 1.20. The van der Waals surface area contributed by atoms with E-state index in [4.69, 9.17) is 10.8 Å². The maximum absolute atomic E-state index is 12.9. The highest BCUT2D eigenvalue weighted by Gasteiger charge is 2.06. The van der Waals surface area contributed by atoms with Crippen LogP contribution in [0.4, 0.5) is 4.39 Å². The SMILES string of the molecule is Cc1cc(C(N)CCO)ccc1F. The van der Waals surface area contributed by atoms with E-state index in [1.807, 2.05) is 0 Å². The molecule has 0 heterocycles. The molecule has 3 N–H and O–H groups in total. The molecule has 0 aliphatic heterocycles. The number of aryl methyl sites for hydroxylation is 1. The Kier molecular flexibility index (Phi) is 3.39. The largest absolute Gasteiger partial charge is 0.396 e. The number of hydrogen-bond donors (Lipinski definition) is 2. The average Bonchev–Trinajstić information content (AvgIpc) is 2.10. The average molecular weight is 183 g/mol. The summed E-state index contributed by atoms with van der Waals surface area (Å²) in [4.78, 5) is 0. The van der Waals surface area contributed by atoms with Crippen molar-refractivity contribution >= 4 is 0 Å². The lowest BCUT2D eigenvalue weighted by Gasteiger charge is -2.10. The van der Waals surface area contributed by atoms with Crippen LogP contribution in [0.15, 0.2) is 18.2 Å². The Bertz CT molecular complexity index is 288. The van der Waals surface area contributed by atoms with Gasteiger partial charge in [0.05, 0.1) is 0 Å². The summed E-state index contributed by atoms with van der Waals surface area (Å²) in [6.07, 6.45) is 0.505. The molecule has 1 rings (SSSR count). The first-order chi connectivity index (χ1) is 6.15. The van der Waals surface area contributed by atoms with E-state index in [0.29, 0.717) is 12.0 Å². The molecule has 72 valence electrons. The third kappa shape index (κ3) is 2.50. The first kappa shape index (κ1) is 10.2. The zero-order valence-electron chi connectivity index (χ0n) is 7.63. The molecule has 0 amide bonds. The second kappa shape index (κ2) is 4.35. The van der Waals surface area contributed by atoms with Gasteiger partial charge in [-0.3, -0.25) is 0 Å². The molecular formula is C10H14FNO. The van der Waals surface area contributed by atoms with Gasteiger partial charge in [0, 0.05) is 12.6 Å². The van der Waals surface area contributed by atoms with Crippen molar-refractivity contribution in [2.45, 2.75) is 19.4 Å². The zero-order valence-corrected chi connectivity index (χ0v) is 7.63. The molecule has 0 bridgehead atoms. The van der Waals surface area contributed by atoms with Crippen LogP contribution in [0, 0.1) is 12.7 Å². The minimum Gasteiger partial charge on any atom is -0.396 e. The van der Waals surface area contributed by atoms with Crippen LogP contribution >= 0.6 is 0 Å². The number of hydrogen-bond acceptors (Lipinski definition) is 2. The Balaban J connectivity index is 2.84. The monoisotopic (exact) mass is 183 g/mol. The van der Waals surface area contributed by atoms with Gasteiger partial charge < -0.3 is 10.8 Å². The number of aliphatic hydroxyl groups excluding tert-OH is 1. The number of aliphatic hydroxyl groups is 1. The Hall–Kier alpha value is -0.930. The van der Waals surface area contributed by atoms with Gasteiger partial charge in [-0.05, 0) is 30.5 Å². The molecule has 0 saturated heterocycles. The van der Waals surface area contributed by atoms with E-state index in [9.17, 15) is 4.39 Å². The quantitative estimate of drug-likeness (QED) is 0.746. The van der Waals surface area contributed by atoms with Gasteiger partial charge in [-0.2, -0.15) is 0 Å². The van der Waals surface area contributed by atoms with Crippen molar-refractivity contribution in [2.75, 3.05) is 6.61 Å². The van der Waals surface area contributed by atoms with Crippen LogP contribution in [0.25, 0.3) is 0 Å². The van der Waals surface area contributed by atoms with Crippen molar-refractivity contribution in [3.8, 4) is 0 Å². The molecule has 3 heteroatoms. The molecule has 0 aromatic heterocycles. The zero-order chi connectivity index (χ0) is 9.84. The molecule has 2 nitrogen and oxygen atoms in total. The first-order valence-electron chi connectivity index (χ1n) is 4.27. The molecule has 1 aromatic rings. The number of rotatable bonds is 3. The molecule has 0 spiro atoms. The maximum atomic E-state index is 12.9. The second-order valence-electron chi connectivity index (χ2n) is 3.13. The Morgan fingerprint density at radius 1 is 1.54 bits per heavy atom. The fraction of sp³-hybridized carbons (Fsp3) is 0.400. The predicted molar refractivity (Wildman–Crippen MR) is 49.8 cm³/mol. The molecular weight excluding hydrogens is 169 g/mol. The summed E-state index contributed by atoms with van der Waals surface area (Å²) in [5.74, 6) is -0.222. The summed E-state index contributed by atoms with van der Waals surface area (Å²) in [7, 11) is 0. The topological polar surface area (TPSA) is 46.2 Å². The number of benzene rings is 1. The van der Waals surface area contributed by atoms with Crippen molar-refractivity contribution in [1.29, 1.82) is 0 Å². The highest BCUT2D eigenvalue weighted by Crippen LogP contribution is 2.16. The van der Waals surface area contributed by atoms with E-state index in [1.165, 1.54) is 6.07 Å². The van der Waals surface area contributed by atoms with E-state index < -0.39 is 0 Å². The summed E-state index contributed by atoms with van der Waals surface area (Å²) in [5, 5.41) is 8.67. The molecule has 13 heavy (non-hydrogen) atoms. The molecule has 0 fully saturated rings. The van der Waals surface area contributed by atoms with E-state index in [0.717, 1.165) is 5.56 Å². The standard InChI is InChI=1S/C10H14FNO/c1-7-6-8(2-3-9(7)11)10(12)4-5-13/h2-3,6,10,13H,4-5,12H2,1H3. The van der Waals surface area contributed by atoms with Crippen LogP contribution in [0.2, 0.25) is 0 Å². The van der Waals surface area contributed by atoms with E-state index >= 15 is 0 Å². The minimum absolute atomic E-state index is 0.0532. The highest BCUT2D eigenvalue weighted by atomic mass is 19.1. The van der Waals surface area contributed by atoms with Gasteiger partial charge in [0.1, 0.15) is 5.82 Å². The van der Waals surface area contributed by atoms with Gasteiger partial charge in [-0.25, -0.2) is 4.39 Å². The Labute approximate surface area is 77.2 Å². The summed E-state index contributed by atoms with van der Waals surface area (Å²) in [5.41, 5.74) is 7.20. The summed E-state index contributed by atoms with van der Waals surface area (Å²) >= 11 is 0. The van der Waals surface area contributed by atoms with Gasteiger partial charge in [-0.1, -0.05) is 12.1 Å². The van der Waals surface area contributed by atoms with E-state index in [-0.39, 0.29) is 18.5 Å². The van der Waals surface area contributed by atoms with Gasteiger partial charge in [0.15, 0.2) is 0 Å². The van der Waals surface area contributed by atoms with Crippen LogP contribution in [-0.4, -0.2) is 11.7 Å². The molecule has 0 aliphatic carbocycles. The summed E-state index contributed by atoms with van der Waals surface area (Å²) in [6, 6.07) is 4.57. The lowest BCUT2D eigenvalue weighted by Crippen LogP contribution is -2.12. The smallest absolute Gasteiger partial charge is 0.126 e. The van der Waals surface area contributed by atoms with Crippen molar-refractivity contribution in [3.05, 3.63) is 35.1 Å². The molecule has 0 radical (unpaired) electrons. The molecule has 0 aliphatic rings. The molecule has 1 aromatic carbocycles. The third-order valence-electron chi connectivity index (χ3n) is 2.05. The summed E-state index contributed by atoms with van der Waals surface area (Å²) in [6.45, 7) is 1.75. The van der Waals surface area contributed by atoms with Crippen LogP contribution in [0.3, 0.4) is 0 Å². The van der Waals surface area contributed by atoms with Crippen LogP contribution < -0.4 is 5.73 Å². The summed E-state index contributed by atoms with van der Waals surface area (Å²) < 4.78 is 12.9. The Morgan fingerprint density at radius 2 is 2.23 bits per heavy atom. The van der Waals surface area contributed by atoms with E-state index in [2.05, 4.69) is 0 Å². The van der Waals surface area contributed by atoms with Crippen LogP contribution in [0.5, 0.6) is 0 Å². The van der Waals surface area contributed by atoms with Gasteiger partial charge in [-0.15, -0.1) is 0 Å². The first-order valence-corrected chi connectivity index (χ1v) is 4.27. The van der Waals surface area contributed by atoms with Gasteiger partial charge >= 0.3 is 0 Å². The lowest BCUT2D eigenvalue weighted by atomic mass is 10.0. The van der Waals surface area contributed by atoms with Crippen molar-refractivity contribution in [2.24, 2.45) is 5.73 Å². The third-order valence-corrected chi connectivity index (χ3v) is 2.05.